The zero-order valence-electron chi connectivity index (χ0n) is 17.9. The molecule has 1 fully saturated rings. The Labute approximate surface area is 190 Å². The van der Waals surface area contributed by atoms with E-state index in [1.165, 1.54) is 0 Å². The molecule has 5 rings (SSSR count). The molecule has 0 radical (unpaired) electrons. The second-order valence-electron chi connectivity index (χ2n) is 7.77. The van der Waals surface area contributed by atoms with E-state index < -0.39 is 0 Å². The van der Waals surface area contributed by atoms with Gasteiger partial charge in [-0.25, -0.2) is 9.97 Å². The van der Waals surface area contributed by atoms with Crippen molar-refractivity contribution >= 4 is 33.7 Å². The van der Waals surface area contributed by atoms with Crippen molar-refractivity contribution in [1.82, 2.24) is 19.3 Å². The zero-order valence-corrected chi connectivity index (χ0v) is 18.7. The Morgan fingerprint density at radius 3 is 2.97 bits per heavy atom. The summed E-state index contributed by atoms with van der Waals surface area (Å²) in [6.07, 6.45) is 5.63. The van der Waals surface area contributed by atoms with Crippen molar-refractivity contribution in [2.45, 2.75) is 25.7 Å². The fourth-order valence-corrected chi connectivity index (χ4v) is 5.12. The molecule has 1 saturated heterocycles. The van der Waals surface area contributed by atoms with Gasteiger partial charge in [-0.15, -0.1) is 11.3 Å². The third kappa shape index (κ3) is 3.93. The lowest BCUT2D eigenvalue weighted by atomic mass is 9.95. The average molecular weight is 448 g/mol. The van der Waals surface area contributed by atoms with Gasteiger partial charge in [0.2, 0.25) is 11.8 Å². The van der Waals surface area contributed by atoms with Gasteiger partial charge in [0.25, 0.3) is 5.91 Å². The van der Waals surface area contributed by atoms with Crippen molar-refractivity contribution in [2.24, 2.45) is 0 Å². The van der Waals surface area contributed by atoms with Crippen LogP contribution in [0.4, 0.5) is 11.6 Å². The number of pyridine rings is 1. The summed E-state index contributed by atoms with van der Waals surface area (Å²) in [5.41, 5.74) is 2.57. The van der Waals surface area contributed by atoms with Crippen LogP contribution in [0.2, 0.25) is 0 Å². The van der Waals surface area contributed by atoms with Gasteiger partial charge in [0, 0.05) is 42.5 Å². The molecular formula is C24H25N5O2S. The van der Waals surface area contributed by atoms with Crippen LogP contribution in [-0.2, 0) is 0 Å². The number of carbonyl (C=O) groups is 1. The van der Waals surface area contributed by atoms with E-state index in [-0.39, 0.29) is 11.8 Å². The number of imidazole rings is 1. The minimum absolute atomic E-state index is 0.0319. The third-order valence-corrected chi connectivity index (χ3v) is 6.58. The summed E-state index contributed by atoms with van der Waals surface area (Å²) in [6.45, 7) is 3.73. The number of thiazole rings is 1. The Morgan fingerprint density at radius 1 is 1.25 bits per heavy atom. The highest BCUT2D eigenvalue weighted by atomic mass is 32.1. The minimum atomic E-state index is -0.0319. The number of nitrogens with zero attached hydrogens (tertiary/aromatic N) is 4. The van der Waals surface area contributed by atoms with E-state index >= 15 is 0 Å². The molecule has 0 saturated carbocycles. The molecule has 1 aliphatic heterocycles. The highest BCUT2D eigenvalue weighted by molar-refractivity contribution is 7.15. The predicted molar refractivity (Wildman–Crippen MR) is 126 cm³/mol. The first kappa shape index (κ1) is 20.5. The van der Waals surface area contributed by atoms with E-state index in [0.717, 1.165) is 41.5 Å². The van der Waals surface area contributed by atoms with E-state index in [1.54, 1.807) is 29.7 Å². The number of aromatic nitrogens is 3. The van der Waals surface area contributed by atoms with Crippen molar-refractivity contribution in [3.8, 4) is 5.88 Å². The highest BCUT2D eigenvalue weighted by Gasteiger charge is 2.30. The van der Waals surface area contributed by atoms with Gasteiger partial charge in [-0.3, -0.25) is 9.20 Å². The van der Waals surface area contributed by atoms with E-state index in [0.29, 0.717) is 24.6 Å². The number of nitrogens with one attached hydrogen (secondary N) is 1. The molecule has 3 aromatic heterocycles. The molecule has 4 aromatic rings. The largest absolute Gasteiger partial charge is 0.477 e. The summed E-state index contributed by atoms with van der Waals surface area (Å²) in [5.74, 6) is 1.35. The lowest BCUT2D eigenvalue weighted by molar-refractivity contribution is 0.0701. The molecule has 1 atom stereocenters. The number of anilines is 2. The summed E-state index contributed by atoms with van der Waals surface area (Å²) in [6, 6.07) is 13.6. The molecule has 1 aliphatic rings. The number of amides is 1. The van der Waals surface area contributed by atoms with Gasteiger partial charge in [-0.1, -0.05) is 18.2 Å². The van der Waals surface area contributed by atoms with Crippen molar-refractivity contribution in [1.29, 1.82) is 0 Å². The number of benzene rings is 1. The van der Waals surface area contributed by atoms with Crippen LogP contribution in [0.25, 0.3) is 4.83 Å². The van der Waals surface area contributed by atoms with E-state index in [9.17, 15) is 4.79 Å². The lowest BCUT2D eigenvalue weighted by Gasteiger charge is -2.32. The molecule has 7 nitrogen and oxygen atoms in total. The first-order valence-electron chi connectivity index (χ1n) is 10.9. The molecule has 1 amide bonds. The van der Waals surface area contributed by atoms with E-state index in [2.05, 4.69) is 20.1 Å². The number of likely N-dealkylation sites (tertiary alicyclic amines) is 1. The molecule has 0 aliphatic carbocycles. The first-order valence-corrected chi connectivity index (χ1v) is 11.8. The Hall–Kier alpha value is -3.39. The molecule has 32 heavy (non-hydrogen) atoms. The SMILES string of the molecule is CCOc1ncccc1C(=O)N1CCC[C@@H](c2nc(Nc3ccccc3)n3ccsc23)C1. The van der Waals surface area contributed by atoms with Gasteiger partial charge in [-0.2, -0.15) is 0 Å². The number of piperidine rings is 1. The topological polar surface area (TPSA) is 71.8 Å². The fourth-order valence-electron chi connectivity index (χ4n) is 4.21. The molecular weight excluding hydrogens is 422 g/mol. The van der Waals surface area contributed by atoms with Gasteiger partial charge < -0.3 is 15.0 Å². The number of fused-ring (bicyclic) bond motifs is 1. The van der Waals surface area contributed by atoms with Gasteiger partial charge >= 0.3 is 0 Å². The molecule has 8 heteroatoms. The Bertz CT molecular complexity index is 1220. The second-order valence-corrected chi connectivity index (χ2v) is 8.66. The highest BCUT2D eigenvalue weighted by Crippen LogP contribution is 2.34. The Morgan fingerprint density at radius 2 is 2.12 bits per heavy atom. The number of rotatable bonds is 6. The van der Waals surface area contributed by atoms with Crippen LogP contribution in [0, 0.1) is 0 Å². The first-order chi connectivity index (χ1) is 15.7. The molecule has 0 bridgehead atoms. The number of para-hydroxylation sites is 1. The number of ether oxygens (including phenoxy) is 1. The molecule has 1 N–H and O–H groups in total. The maximum absolute atomic E-state index is 13.3. The standard InChI is InChI=1S/C24H25N5O2S/c1-2-31-21-19(11-6-12-25-21)22(30)28-13-7-8-17(16-28)20-23-29(14-15-32-23)24(27-20)26-18-9-4-3-5-10-18/h3-6,9-12,14-15,17H,2,7-8,13,16H2,1H3,(H,26,27)/t17-/m1/s1. The van der Waals surface area contributed by atoms with Crippen LogP contribution >= 0.6 is 11.3 Å². The van der Waals surface area contributed by atoms with Crippen LogP contribution in [0.1, 0.15) is 41.7 Å². The van der Waals surface area contributed by atoms with Crippen LogP contribution in [0.3, 0.4) is 0 Å². The average Bonchev–Trinajstić information content (AvgIpc) is 3.44. The normalized spacial score (nSPS) is 16.3. The summed E-state index contributed by atoms with van der Waals surface area (Å²) in [7, 11) is 0. The van der Waals surface area contributed by atoms with Gasteiger partial charge in [0.15, 0.2) is 0 Å². The fraction of sp³-hybridized carbons (Fsp3) is 0.292. The van der Waals surface area contributed by atoms with Crippen molar-refractivity contribution < 1.29 is 9.53 Å². The molecule has 164 valence electrons. The summed E-state index contributed by atoms with van der Waals surface area (Å²) < 4.78 is 7.69. The lowest BCUT2D eigenvalue weighted by Crippen LogP contribution is -2.39. The predicted octanol–water partition coefficient (Wildman–Crippen LogP) is 4.95. The summed E-state index contributed by atoms with van der Waals surface area (Å²) >= 11 is 1.68. The quantitative estimate of drug-likeness (QED) is 0.453. The van der Waals surface area contributed by atoms with Crippen LogP contribution < -0.4 is 10.1 Å². The van der Waals surface area contributed by atoms with Crippen molar-refractivity contribution in [3.63, 3.8) is 0 Å². The van der Waals surface area contributed by atoms with E-state index in [4.69, 9.17) is 9.72 Å². The number of hydrogen-bond acceptors (Lipinski definition) is 6. The van der Waals surface area contributed by atoms with Gasteiger partial charge in [0.05, 0.1) is 12.3 Å². The Kier molecular flexibility index (Phi) is 5.77. The maximum atomic E-state index is 13.3. The monoisotopic (exact) mass is 447 g/mol. The van der Waals surface area contributed by atoms with E-state index in [1.807, 2.05) is 48.4 Å². The van der Waals surface area contributed by atoms with Crippen LogP contribution in [0.15, 0.2) is 60.2 Å². The molecule has 0 spiro atoms. The van der Waals surface area contributed by atoms with Crippen LogP contribution in [-0.4, -0.2) is 44.9 Å². The third-order valence-electron chi connectivity index (χ3n) is 5.69. The van der Waals surface area contributed by atoms with Crippen molar-refractivity contribution in [2.75, 3.05) is 25.0 Å². The number of carbonyl (C=O) groups excluding carboxylic acids is 1. The zero-order chi connectivity index (χ0) is 21.9. The number of hydrogen-bond donors (Lipinski definition) is 1. The smallest absolute Gasteiger partial charge is 0.259 e. The molecule has 1 aromatic carbocycles. The second kappa shape index (κ2) is 9.00. The summed E-state index contributed by atoms with van der Waals surface area (Å²) in [5, 5.41) is 5.50. The Balaban J connectivity index is 1.40. The van der Waals surface area contributed by atoms with Crippen LogP contribution in [0.5, 0.6) is 5.88 Å². The maximum Gasteiger partial charge on any atom is 0.259 e. The molecule has 4 heterocycles. The van der Waals surface area contributed by atoms with Gasteiger partial charge in [-0.05, 0) is 44.0 Å². The van der Waals surface area contributed by atoms with Gasteiger partial charge in [0.1, 0.15) is 10.4 Å². The van der Waals surface area contributed by atoms with Crippen molar-refractivity contribution in [3.05, 3.63) is 71.5 Å². The molecule has 0 unspecified atom stereocenters. The minimum Gasteiger partial charge on any atom is -0.477 e. The summed E-state index contributed by atoms with van der Waals surface area (Å²) in [4.78, 5) is 25.6.